The number of pyridine rings is 1. The second-order valence-corrected chi connectivity index (χ2v) is 4.34. The largest absolute Gasteiger partial charge is 0.368 e. The summed E-state index contributed by atoms with van der Waals surface area (Å²) in [5.41, 5.74) is 6.18. The first-order chi connectivity index (χ1) is 7.73. The maximum atomic E-state index is 11.3. The van der Waals surface area contributed by atoms with Crippen molar-refractivity contribution in [2.24, 2.45) is 5.73 Å². The molecule has 0 aromatic carbocycles. The molecule has 0 bridgehead atoms. The third kappa shape index (κ3) is 2.22. The average Bonchev–Trinajstić information content (AvgIpc) is 2.23. The molecule has 3 N–H and O–H groups in total. The summed E-state index contributed by atoms with van der Waals surface area (Å²) in [6, 6.07) is 3.99. The molecule has 0 spiro atoms. The van der Waals surface area contributed by atoms with E-state index in [0.29, 0.717) is 0 Å². The van der Waals surface area contributed by atoms with Crippen LogP contribution >= 0.6 is 0 Å². The van der Waals surface area contributed by atoms with Gasteiger partial charge in [0.25, 0.3) is 0 Å². The van der Waals surface area contributed by atoms with Crippen molar-refractivity contribution in [3.63, 3.8) is 0 Å². The van der Waals surface area contributed by atoms with Gasteiger partial charge >= 0.3 is 0 Å². The van der Waals surface area contributed by atoms with E-state index < -0.39 is 5.54 Å². The molecular weight excluding hydrogens is 202 g/mol. The van der Waals surface area contributed by atoms with E-state index in [9.17, 15) is 4.79 Å². The van der Waals surface area contributed by atoms with Crippen molar-refractivity contribution in [1.82, 2.24) is 10.3 Å². The monoisotopic (exact) mass is 219 g/mol. The van der Waals surface area contributed by atoms with E-state index in [1.54, 1.807) is 6.20 Å². The van der Waals surface area contributed by atoms with Gasteiger partial charge in [-0.2, -0.15) is 0 Å². The molecule has 1 amide bonds. The molecule has 1 aliphatic rings. The third-order valence-electron chi connectivity index (χ3n) is 3.28. The zero-order valence-electron chi connectivity index (χ0n) is 9.28. The standard InChI is InChI=1S/C12H17N3O/c13-11(16)12(6-8-15-12)5-1-3-10-4-2-7-14-9-10/h2,4,7,9,15H,1,3,5-6,8H2,(H2,13,16)/t12-/m1/s1. The molecule has 1 saturated heterocycles. The van der Waals surface area contributed by atoms with Gasteiger partial charge in [0.2, 0.25) is 5.91 Å². The fraction of sp³-hybridized carbons (Fsp3) is 0.500. The maximum absolute atomic E-state index is 11.3. The second kappa shape index (κ2) is 4.61. The minimum absolute atomic E-state index is 0.218. The number of aryl methyl sites for hydroxylation is 1. The molecule has 4 nitrogen and oxygen atoms in total. The summed E-state index contributed by atoms with van der Waals surface area (Å²) in [6.45, 7) is 0.899. The van der Waals surface area contributed by atoms with E-state index in [-0.39, 0.29) is 5.91 Å². The molecule has 2 heterocycles. The Bertz CT molecular complexity index is 360. The summed E-state index contributed by atoms with van der Waals surface area (Å²) in [5.74, 6) is -0.218. The van der Waals surface area contributed by atoms with Crippen LogP contribution < -0.4 is 11.1 Å². The zero-order chi connectivity index (χ0) is 11.4. The molecule has 4 heteroatoms. The molecule has 16 heavy (non-hydrogen) atoms. The molecule has 0 unspecified atom stereocenters. The van der Waals surface area contributed by atoms with E-state index in [1.807, 2.05) is 12.3 Å². The van der Waals surface area contributed by atoms with Gasteiger partial charge < -0.3 is 11.1 Å². The van der Waals surface area contributed by atoms with Crippen LogP contribution in [-0.4, -0.2) is 23.0 Å². The van der Waals surface area contributed by atoms with Crippen LogP contribution in [0.5, 0.6) is 0 Å². The number of hydrogen-bond acceptors (Lipinski definition) is 3. The molecule has 1 fully saturated rings. The topological polar surface area (TPSA) is 68.0 Å². The summed E-state index contributed by atoms with van der Waals surface area (Å²) in [7, 11) is 0. The predicted octanol–water partition coefficient (Wildman–Crippen LogP) is 0.622. The molecule has 1 aliphatic heterocycles. The fourth-order valence-corrected chi connectivity index (χ4v) is 2.11. The number of hydrogen-bond donors (Lipinski definition) is 2. The van der Waals surface area contributed by atoms with Crippen molar-refractivity contribution in [1.29, 1.82) is 0 Å². The summed E-state index contributed by atoms with van der Waals surface area (Å²) in [6.07, 6.45) is 7.23. The minimum Gasteiger partial charge on any atom is -0.368 e. The van der Waals surface area contributed by atoms with Gasteiger partial charge in [0, 0.05) is 12.4 Å². The first-order valence-corrected chi connectivity index (χ1v) is 5.67. The Morgan fingerprint density at radius 3 is 2.94 bits per heavy atom. The number of aromatic nitrogens is 1. The molecule has 86 valence electrons. The van der Waals surface area contributed by atoms with Gasteiger partial charge in [0.05, 0.1) is 5.54 Å². The second-order valence-electron chi connectivity index (χ2n) is 4.34. The van der Waals surface area contributed by atoms with Crippen molar-refractivity contribution in [3.8, 4) is 0 Å². The molecule has 2 rings (SSSR count). The van der Waals surface area contributed by atoms with Crippen molar-refractivity contribution in [3.05, 3.63) is 30.1 Å². The quantitative estimate of drug-likeness (QED) is 0.763. The third-order valence-corrected chi connectivity index (χ3v) is 3.28. The van der Waals surface area contributed by atoms with Crippen molar-refractivity contribution >= 4 is 5.91 Å². The van der Waals surface area contributed by atoms with Crippen molar-refractivity contribution < 1.29 is 4.79 Å². The molecule has 1 atom stereocenters. The Labute approximate surface area is 95.3 Å². The Balaban J connectivity index is 1.82. The lowest BCUT2D eigenvalue weighted by Gasteiger charge is -2.40. The van der Waals surface area contributed by atoms with Gasteiger partial charge in [-0.05, 0) is 43.9 Å². The Morgan fingerprint density at radius 1 is 1.62 bits per heavy atom. The molecule has 0 aliphatic carbocycles. The summed E-state index contributed by atoms with van der Waals surface area (Å²) in [4.78, 5) is 15.4. The maximum Gasteiger partial charge on any atom is 0.237 e. The summed E-state index contributed by atoms with van der Waals surface area (Å²) < 4.78 is 0. The first kappa shape index (κ1) is 11.1. The Hall–Kier alpha value is -1.42. The van der Waals surface area contributed by atoms with Crippen LogP contribution in [0.3, 0.4) is 0 Å². The molecule has 1 aromatic rings. The van der Waals surface area contributed by atoms with Gasteiger partial charge in [-0.15, -0.1) is 0 Å². The number of carbonyl (C=O) groups excluding carboxylic acids is 1. The number of nitrogens with two attached hydrogens (primary N) is 1. The SMILES string of the molecule is NC(=O)[C@@]1(CCCc2cccnc2)CCN1. The van der Waals surface area contributed by atoms with E-state index >= 15 is 0 Å². The summed E-state index contributed by atoms with van der Waals surface area (Å²) >= 11 is 0. The number of nitrogens with one attached hydrogen (secondary N) is 1. The number of primary amides is 1. The van der Waals surface area contributed by atoms with Gasteiger partial charge in [0.15, 0.2) is 0 Å². The Kier molecular flexibility index (Phi) is 3.19. The minimum atomic E-state index is -0.428. The van der Waals surface area contributed by atoms with Crippen molar-refractivity contribution in [2.45, 2.75) is 31.2 Å². The highest BCUT2D eigenvalue weighted by atomic mass is 16.1. The van der Waals surface area contributed by atoms with Crippen LogP contribution in [0.15, 0.2) is 24.5 Å². The predicted molar refractivity (Wildman–Crippen MR) is 61.7 cm³/mol. The van der Waals surface area contributed by atoms with E-state index in [2.05, 4.69) is 16.4 Å². The van der Waals surface area contributed by atoms with Crippen LogP contribution in [0.25, 0.3) is 0 Å². The number of rotatable bonds is 5. The highest BCUT2D eigenvalue weighted by Gasteiger charge is 2.41. The molecular formula is C12H17N3O. The van der Waals surface area contributed by atoms with Gasteiger partial charge in [-0.1, -0.05) is 6.07 Å². The highest BCUT2D eigenvalue weighted by Crippen LogP contribution is 2.24. The molecule has 1 aromatic heterocycles. The van der Waals surface area contributed by atoms with Crippen LogP contribution in [0.1, 0.15) is 24.8 Å². The van der Waals surface area contributed by atoms with E-state index in [0.717, 1.165) is 32.2 Å². The van der Waals surface area contributed by atoms with Crippen LogP contribution in [0.2, 0.25) is 0 Å². The van der Waals surface area contributed by atoms with Gasteiger partial charge in [-0.3, -0.25) is 9.78 Å². The average molecular weight is 219 g/mol. The first-order valence-electron chi connectivity index (χ1n) is 5.67. The van der Waals surface area contributed by atoms with Crippen LogP contribution in [-0.2, 0) is 11.2 Å². The highest BCUT2D eigenvalue weighted by molar-refractivity contribution is 5.85. The van der Waals surface area contributed by atoms with E-state index in [4.69, 9.17) is 5.73 Å². The number of nitrogens with zero attached hydrogens (tertiary/aromatic N) is 1. The van der Waals surface area contributed by atoms with E-state index in [1.165, 1.54) is 5.56 Å². The lowest BCUT2D eigenvalue weighted by atomic mass is 9.82. The lowest BCUT2D eigenvalue weighted by molar-refractivity contribution is -0.127. The molecule has 0 saturated carbocycles. The summed E-state index contributed by atoms with van der Waals surface area (Å²) in [5, 5.41) is 3.15. The van der Waals surface area contributed by atoms with Crippen LogP contribution in [0, 0.1) is 0 Å². The zero-order valence-corrected chi connectivity index (χ0v) is 9.28. The molecule has 0 radical (unpaired) electrons. The number of amides is 1. The van der Waals surface area contributed by atoms with Gasteiger partial charge in [0.1, 0.15) is 0 Å². The smallest absolute Gasteiger partial charge is 0.237 e. The Morgan fingerprint density at radius 2 is 2.44 bits per heavy atom. The number of carbonyl (C=O) groups is 1. The van der Waals surface area contributed by atoms with Crippen LogP contribution in [0.4, 0.5) is 0 Å². The lowest BCUT2D eigenvalue weighted by Crippen LogP contribution is -2.64. The van der Waals surface area contributed by atoms with Gasteiger partial charge in [-0.25, -0.2) is 0 Å². The normalized spacial score (nSPS) is 23.8. The van der Waals surface area contributed by atoms with Crippen molar-refractivity contribution in [2.75, 3.05) is 6.54 Å². The fourth-order valence-electron chi connectivity index (χ4n) is 2.11.